The molecule has 0 bridgehead atoms. The number of hydrogen-bond donors (Lipinski definition) is 1. The monoisotopic (exact) mass is 292 g/mol. The fourth-order valence-electron chi connectivity index (χ4n) is 1.81. The maximum atomic E-state index is 13.9. The standard InChI is InChI=1S/C15H10F2O4/c1-8(18)21-10-4-2-9(3-5-10)11-6-7-12(15(19)20)14(17)13(11)16/h2-7H,1H3,(H,19,20). The lowest BCUT2D eigenvalue weighted by Gasteiger charge is -2.07. The lowest BCUT2D eigenvalue weighted by atomic mass is 10.0. The van der Waals surface area contributed by atoms with E-state index in [9.17, 15) is 18.4 Å². The lowest BCUT2D eigenvalue weighted by molar-refractivity contribution is -0.131. The molecule has 21 heavy (non-hydrogen) atoms. The maximum absolute atomic E-state index is 13.9. The summed E-state index contributed by atoms with van der Waals surface area (Å²) in [5, 5.41) is 8.72. The first kappa shape index (κ1) is 14.6. The topological polar surface area (TPSA) is 63.6 Å². The van der Waals surface area contributed by atoms with Gasteiger partial charge >= 0.3 is 11.9 Å². The van der Waals surface area contributed by atoms with Crippen molar-refractivity contribution in [3.63, 3.8) is 0 Å². The van der Waals surface area contributed by atoms with Crippen molar-refractivity contribution < 1.29 is 28.2 Å². The zero-order valence-electron chi connectivity index (χ0n) is 10.9. The van der Waals surface area contributed by atoms with Gasteiger partial charge in [0.25, 0.3) is 0 Å². The largest absolute Gasteiger partial charge is 0.478 e. The lowest BCUT2D eigenvalue weighted by Crippen LogP contribution is -2.04. The molecule has 0 aliphatic carbocycles. The number of rotatable bonds is 3. The molecule has 0 aliphatic rings. The van der Waals surface area contributed by atoms with E-state index >= 15 is 0 Å². The number of esters is 1. The highest BCUT2D eigenvalue weighted by molar-refractivity contribution is 5.88. The summed E-state index contributed by atoms with van der Waals surface area (Å²) in [4.78, 5) is 21.5. The minimum absolute atomic E-state index is 0.0770. The van der Waals surface area contributed by atoms with E-state index in [0.717, 1.165) is 6.07 Å². The Morgan fingerprint density at radius 3 is 2.14 bits per heavy atom. The fraction of sp³-hybridized carbons (Fsp3) is 0.0667. The quantitative estimate of drug-likeness (QED) is 0.696. The molecule has 0 fully saturated rings. The highest BCUT2D eigenvalue weighted by Gasteiger charge is 2.18. The highest BCUT2D eigenvalue weighted by atomic mass is 19.2. The molecule has 0 saturated carbocycles. The number of carboxylic acids is 1. The third-order valence-corrected chi connectivity index (χ3v) is 2.74. The van der Waals surface area contributed by atoms with Crippen LogP contribution >= 0.6 is 0 Å². The Morgan fingerprint density at radius 1 is 1.00 bits per heavy atom. The number of hydrogen-bond acceptors (Lipinski definition) is 3. The first-order valence-corrected chi connectivity index (χ1v) is 5.90. The number of aromatic carboxylic acids is 1. The molecular formula is C15H10F2O4. The van der Waals surface area contributed by atoms with E-state index in [1.807, 2.05) is 0 Å². The van der Waals surface area contributed by atoms with Crippen LogP contribution in [0.2, 0.25) is 0 Å². The smallest absolute Gasteiger partial charge is 0.338 e. The van der Waals surface area contributed by atoms with E-state index in [-0.39, 0.29) is 11.3 Å². The summed E-state index contributed by atoms with van der Waals surface area (Å²) in [5.74, 6) is -4.41. The molecule has 1 N–H and O–H groups in total. The van der Waals surface area contributed by atoms with Crippen molar-refractivity contribution in [2.45, 2.75) is 6.92 Å². The number of benzene rings is 2. The van der Waals surface area contributed by atoms with Gasteiger partial charge in [-0.15, -0.1) is 0 Å². The SMILES string of the molecule is CC(=O)Oc1ccc(-c2ccc(C(=O)O)c(F)c2F)cc1. The maximum Gasteiger partial charge on any atom is 0.338 e. The van der Waals surface area contributed by atoms with Crippen LogP contribution in [-0.4, -0.2) is 17.0 Å². The molecule has 0 aliphatic heterocycles. The van der Waals surface area contributed by atoms with Gasteiger partial charge in [-0.3, -0.25) is 4.79 Å². The number of carbonyl (C=O) groups is 2. The van der Waals surface area contributed by atoms with Gasteiger partial charge in [-0.1, -0.05) is 18.2 Å². The molecule has 0 radical (unpaired) electrons. The van der Waals surface area contributed by atoms with E-state index in [2.05, 4.69) is 0 Å². The summed E-state index contributed by atoms with van der Waals surface area (Å²) >= 11 is 0. The second-order valence-electron chi connectivity index (χ2n) is 4.21. The van der Waals surface area contributed by atoms with Crippen molar-refractivity contribution >= 4 is 11.9 Å². The molecule has 0 amide bonds. The van der Waals surface area contributed by atoms with Crippen LogP contribution in [0.1, 0.15) is 17.3 Å². The van der Waals surface area contributed by atoms with Crippen LogP contribution in [0.4, 0.5) is 8.78 Å². The van der Waals surface area contributed by atoms with Gasteiger partial charge in [0.2, 0.25) is 0 Å². The first-order chi connectivity index (χ1) is 9.90. The van der Waals surface area contributed by atoms with Crippen LogP contribution in [-0.2, 0) is 4.79 Å². The number of carboxylic acid groups (broad SMARTS) is 1. The highest BCUT2D eigenvalue weighted by Crippen LogP contribution is 2.28. The molecule has 108 valence electrons. The average molecular weight is 292 g/mol. The zero-order chi connectivity index (χ0) is 15.6. The number of carbonyl (C=O) groups excluding carboxylic acids is 1. The molecule has 0 heterocycles. The van der Waals surface area contributed by atoms with Gasteiger partial charge in [0.15, 0.2) is 11.6 Å². The van der Waals surface area contributed by atoms with Crippen LogP contribution in [0.15, 0.2) is 36.4 Å². The van der Waals surface area contributed by atoms with E-state index in [1.54, 1.807) is 0 Å². The minimum atomic E-state index is -1.54. The summed E-state index contributed by atoms with van der Waals surface area (Å²) in [6.45, 7) is 1.24. The number of ether oxygens (including phenoxy) is 1. The van der Waals surface area contributed by atoms with E-state index < -0.39 is 29.1 Å². The summed E-state index contributed by atoms with van der Waals surface area (Å²) in [6, 6.07) is 7.92. The predicted octanol–water partition coefficient (Wildman–Crippen LogP) is 3.26. The third-order valence-electron chi connectivity index (χ3n) is 2.74. The zero-order valence-corrected chi connectivity index (χ0v) is 10.9. The molecular weight excluding hydrogens is 282 g/mol. The second kappa shape index (κ2) is 5.70. The Kier molecular flexibility index (Phi) is 3.98. The Hall–Kier alpha value is -2.76. The molecule has 0 spiro atoms. The number of halogens is 2. The van der Waals surface area contributed by atoms with Crippen LogP contribution < -0.4 is 4.74 Å². The van der Waals surface area contributed by atoms with Crippen LogP contribution in [0, 0.1) is 11.6 Å². The second-order valence-corrected chi connectivity index (χ2v) is 4.21. The molecule has 2 aromatic rings. The van der Waals surface area contributed by atoms with Crippen molar-refractivity contribution in [2.24, 2.45) is 0 Å². The molecule has 0 saturated heterocycles. The molecule has 6 heteroatoms. The van der Waals surface area contributed by atoms with Gasteiger partial charge in [-0.2, -0.15) is 0 Å². The van der Waals surface area contributed by atoms with Crippen molar-refractivity contribution in [3.05, 3.63) is 53.6 Å². The van der Waals surface area contributed by atoms with Crippen LogP contribution in [0.5, 0.6) is 5.75 Å². The molecule has 0 atom stereocenters. The molecule has 0 aromatic heterocycles. The first-order valence-electron chi connectivity index (χ1n) is 5.90. The summed E-state index contributed by atoms with van der Waals surface area (Å²) in [5.41, 5.74) is -0.473. The van der Waals surface area contributed by atoms with E-state index in [1.165, 1.54) is 37.3 Å². The Balaban J connectivity index is 2.41. The summed E-state index contributed by atoms with van der Waals surface area (Å²) in [7, 11) is 0. The minimum Gasteiger partial charge on any atom is -0.478 e. The Bertz CT molecular complexity index is 708. The third kappa shape index (κ3) is 3.05. The van der Waals surface area contributed by atoms with E-state index in [0.29, 0.717) is 5.56 Å². The molecule has 4 nitrogen and oxygen atoms in total. The predicted molar refractivity (Wildman–Crippen MR) is 70.1 cm³/mol. The Labute approximate surface area is 118 Å². The van der Waals surface area contributed by atoms with Gasteiger partial charge in [0.1, 0.15) is 5.75 Å². The van der Waals surface area contributed by atoms with Gasteiger partial charge in [-0.05, 0) is 23.8 Å². The molecule has 2 rings (SSSR count). The summed E-state index contributed by atoms with van der Waals surface area (Å²) < 4.78 is 32.3. The van der Waals surface area contributed by atoms with Crippen LogP contribution in [0.25, 0.3) is 11.1 Å². The van der Waals surface area contributed by atoms with Gasteiger partial charge in [-0.25, -0.2) is 13.6 Å². The average Bonchev–Trinajstić information content (AvgIpc) is 2.42. The fourth-order valence-corrected chi connectivity index (χ4v) is 1.81. The normalized spacial score (nSPS) is 10.2. The van der Waals surface area contributed by atoms with Crippen LogP contribution in [0.3, 0.4) is 0 Å². The molecule has 2 aromatic carbocycles. The molecule has 0 unspecified atom stereocenters. The van der Waals surface area contributed by atoms with Crippen molar-refractivity contribution in [1.29, 1.82) is 0 Å². The van der Waals surface area contributed by atoms with Gasteiger partial charge in [0, 0.05) is 12.5 Å². The van der Waals surface area contributed by atoms with Gasteiger partial charge in [0.05, 0.1) is 5.56 Å². The Morgan fingerprint density at radius 2 is 1.62 bits per heavy atom. The van der Waals surface area contributed by atoms with Crippen molar-refractivity contribution in [2.75, 3.05) is 0 Å². The van der Waals surface area contributed by atoms with E-state index in [4.69, 9.17) is 9.84 Å². The van der Waals surface area contributed by atoms with Gasteiger partial charge < -0.3 is 9.84 Å². The van der Waals surface area contributed by atoms with Crippen molar-refractivity contribution in [1.82, 2.24) is 0 Å². The summed E-state index contributed by atoms with van der Waals surface area (Å²) in [6.07, 6.45) is 0. The van der Waals surface area contributed by atoms with Crippen molar-refractivity contribution in [3.8, 4) is 16.9 Å².